The minimum absolute atomic E-state index is 0.128. The lowest BCUT2D eigenvalue weighted by Crippen LogP contribution is -2.07. The summed E-state index contributed by atoms with van der Waals surface area (Å²) in [5.74, 6) is 1.40. The number of hydrogen-bond donors (Lipinski definition) is 1. The number of aryl methyl sites for hydroxylation is 2. The van der Waals surface area contributed by atoms with Gasteiger partial charge in [-0.05, 0) is 36.1 Å². The van der Waals surface area contributed by atoms with Gasteiger partial charge < -0.3 is 5.11 Å². The van der Waals surface area contributed by atoms with Gasteiger partial charge in [0.05, 0.1) is 18.2 Å². The molecule has 0 saturated carbocycles. The third kappa shape index (κ3) is 5.23. The number of nitrogens with zero attached hydrogens (tertiary/aromatic N) is 3. The largest absolute Gasteiger partial charge is 0.396 e. The highest BCUT2D eigenvalue weighted by Crippen LogP contribution is 2.28. The zero-order valence-corrected chi connectivity index (χ0v) is 17.7. The Balaban J connectivity index is 1.92. The number of nitriles is 1. The molecule has 0 radical (unpaired) electrons. The van der Waals surface area contributed by atoms with Crippen molar-refractivity contribution < 1.29 is 5.11 Å². The van der Waals surface area contributed by atoms with Gasteiger partial charge in [-0.3, -0.25) is 0 Å². The van der Waals surface area contributed by atoms with Crippen molar-refractivity contribution in [2.45, 2.75) is 38.1 Å². The first-order valence-electron chi connectivity index (χ1n) is 9.84. The lowest BCUT2D eigenvalue weighted by molar-refractivity contribution is 0.322. The van der Waals surface area contributed by atoms with Gasteiger partial charge in [-0.2, -0.15) is 5.26 Å². The molecular formula is C24H25N3OS. The zero-order valence-electron chi connectivity index (χ0n) is 16.9. The van der Waals surface area contributed by atoms with Crippen LogP contribution in [0.5, 0.6) is 0 Å². The van der Waals surface area contributed by atoms with E-state index in [-0.39, 0.29) is 6.61 Å². The van der Waals surface area contributed by atoms with Gasteiger partial charge in [0.25, 0.3) is 0 Å². The first-order valence-corrected chi connectivity index (χ1v) is 10.8. The molecule has 0 unspecified atom stereocenters. The molecule has 0 aliphatic rings. The van der Waals surface area contributed by atoms with E-state index in [9.17, 15) is 10.4 Å². The molecule has 29 heavy (non-hydrogen) atoms. The van der Waals surface area contributed by atoms with Crippen LogP contribution >= 0.6 is 11.8 Å². The number of hydrogen-bond acceptors (Lipinski definition) is 5. The van der Waals surface area contributed by atoms with Crippen molar-refractivity contribution in [1.82, 2.24) is 9.97 Å². The van der Waals surface area contributed by atoms with Crippen LogP contribution < -0.4 is 0 Å². The number of rotatable bonds is 8. The molecule has 148 valence electrons. The minimum atomic E-state index is 0.128. The molecule has 0 aliphatic carbocycles. The molecule has 3 aromatic rings. The Morgan fingerprint density at radius 2 is 1.83 bits per heavy atom. The van der Waals surface area contributed by atoms with Gasteiger partial charge in [0, 0.05) is 23.4 Å². The summed E-state index contributed by atoms with van der Waals surface area (Å²) < 4.78 is 0. The van der Waals surface area contributed by atoms with E-state index in [1.807, 2.05) is 31.2 Å². The van der Waals surface area contributed by atoms with Crippen molar-refractivity contribution in [2.75, 3.05) is 12.4 Å². The van der Waals surface area contributed by atoms with Crippen LogP contribution in [0.2, 0.25) is 0 Å². The highest BCUT2D eigenvalue weighted by Gasteiger charge is 2.14. The van der Waals surface area contributed by atoms with Crippen molar-refractivity contribution in [3.05, 3.63) is 76.7 Å². The average molecular weight is 404 g/mol. The van der Waals surface area contributed by atoms with Gasteiger partial charge in [-0.15, -0.1) is 11.8 Å². The summed E-state index contributed by atoms with van der Waals surface area (Å²) in [6.45, 7) is 4.21. The van der Waals surface area contributed by atoms with Crippen LogP contribution in [0.15, 0.2) is 53.6 Å². The van der Waals surface area contributed by atoms with Crippen LogP contribution in [0.3, 0.4) is 0 Å². The van der Waals surface area contributed by atoms with Crippen molar-refractivity contribution in [2.24, 2.45) is 0 Å². The number of aliphatic hydroxyl groups is 1. The Bertz CT molecular complexity index is 1010. The van der Waals surface area contributed by atoms with Gasteiger partial charge in [-0.1, -0.05) is 55.8 Å². The molecule has 5 heteroatoms. The summed E-state index contributed by atoms with van der Waals surface area (Å²) in [6, 6.07) is 18.3. The molecule has 0 atom stereocenters. The average Bonchev–Trinajstić information content (AvgIpc) is 2.75. The molecule has 0 saturated heterocycles. The van der Waals surface area contributed by atoms with Crippen LogP contribution in [-0.4, -0.2) is 27.4 Å². The van der Waals surface area contributed by atoms with E-state index in [4.69, 9.17) is 4.98 Å². The van der Waals surface area contributed by atoms with E-state index < -0.39 is 0 Å². The molecular weight excluding hydrogens is 378 g/mol. The molecule has 0 amide bonds. The Morgan fingerprint density at radius 3 is 2.52 bits per heavy atom. The summed E-state index contributed by atoms with van der Waals surface area (Å²) in [5, 5.41) is 19.6. The van der Waals surface area contributed by atoms with Gasteiger partial charge in [0.2, 0.25) is 0 Å². The van der Waals surface area contributed by atoms with Crippen LogP contribution in [0.4, 0.5) is 0 Å². The Labute approximate surface area is 176 Å². The topological polar surface area (TPSA) is 69.8 Å². The molecule has 1 aromatic heterocycles. The molecule has 4 nitrogen and oxygen atoms in total. The number of aromatic nitrogens is 2. The third-order valence-corrected chi connectivity index (χ3v) is 5.67. The smallest absolute Gasteiger partial charge is 0.126 e. The zero-order chi connectivity index (χ0) is 20.6. The fourth-order valence-electron chi connectivity index (χ4n) is 3.35. The van der Waals surface area contributed by atoms with E-state index in [1.54, 1.807) is 11.8 Å². The van der Waals surface area contributed by atoms with Crippen molar-refractivity contribution in [1.29, 1.82) is 5.26 Å². The predicted octanol–water partition coefficient (Wildman–Crippen LogP) is 4.95. The second-order valence-corrected chi connectivity index (χ2v) is 7.94. The molecule has 0 aliphatic heterocycles. The van der Waals surface area contributed by atoms with E-state index >= 15 is 0 Å². The summed E-state index contributed by atoms with van der Waals surface area (Å²) >= 11 is 1.59. The quantitative estimate of drug-likeness (QED) is 0.426. The Hall–Kier alpha value is -2.68. The fourth-order valence-corrected chi connectivity index (χ4v) is 4.19. The van der Waals surface area contributed by atoms with Crippen LogP contribution in [0.1, 0.15) is 41.6 Å². The minimum Gasteiger partial charge on any atom is -0.396 e. The number of benzene rings is 2. The molecule has 3 rings (SSSR count). The maximum atomic E-state index is 9.35. The van der Waals surface area contributed by atoms with Gasteiger partial charge >= 0.3 is 0 Å². The van der Waals surface area contributed by atoms with Gasteiger partial charge in [-0.25, -0.2) is 9.97 Å². The Morgan fingerprint density at radius 1 is 1.07 bits per heavy atom. The third-order valence-electron chi connectivity index (χ3n) is 4.68. The standard InChI is InChI=1S/C24H25N3OS/c1-3-6-23-22(24(29-14-13-28)27-17(2)26-23)15-18-9-11-19(12-10-18)21-8-5-4-7-20(21)16-25/h4-5,7-12,28H,3,6,13-15H2,1-2H3. The molecule has 0 fully saturated rings. The van der Waals surface area contributed by atoms with Crippen LogP contribution in [0.25, 0.3) is 11.1 Å². The van der Waals surface area contributed by atoms with E-state index in [2.05, 4.69) is 42.2 Å². The lowest BCUT2D eigenvalue weighted by Gasteiger charge is -2.14. The summed E-state index contributed by atoms with van der Waals surface area (Å²) in [6.07, 6.45) is 2.69. The van der Waals surface area contributed by atoms with Crippen LogP contribution in [0, 0.1) is 18.3 Å². The number of aliphatic hydroxyl groups excluding tert-OH is 1. The van der Waals surface area contributed by atoms with Crippen LogP contribution in [-0.2, 0) is 12.8 Å². The second-order valence-electron chi connectivity index (χ2n) is 6.85. The Kier molecular flexibility index (Phi) is 7.40. The summed E-state index contributed by atoms with van der Waals surface area (Å²) in [5.41, 5.74) is 6.10. The number of thioether (sulfide) groups is 1. The highest BCUT2D eigenvalue weighted by atomic mass is 32.2. The monoisotopic (exact) mass is 403 g/mol. The molecule has 1 heterocycles. The SMILES string of the molecule is CCCc1nc(C)nc(SCCO)c1Cc1ccc(-c2ccccc2C#N)cc1. The summed E-state index contributed by atoms with van der Waals surface area (Å²) in [7, 11) is 0. The van der Waals surface area contributed by atoms with E-state index in [1.165, 1.54) is 5.56 Å². The van der Waals surface area contributed by atoms with Crippen molar-refractivity contribution >= 4 is 11.8 Å². The van der Waals surface area contributed by atoms with Gasteiger partial charge in [0.15, 0.2) is 0 Å². The maximum absolute atomic E-state index is 9.35. The first-order chi connectivity index (χ1) is 14.2. The molecule has 1 N–H and O–H groups in total. The van der Waals surface area contributed by atoms with E-state index in [0.29, 0.717) is 11.3 Å². The highest BCUT2D eigenvalue weighted by molar-refractivity contribution is 7.99. The fraction of sp³-hybridized carbons (Fsp3) is 0.292. The molecule has 0 bridgehead atoms. The summed E-state index contributed by atoms with van der Waals surface area (Å²) in [4.78, 5) is 9.33. The molecule has 0 spiro atoms. The normalized spacial score (nSPS) is 10.7. The maximum Gasteiger partial charge on any atom is 0.126 e. The molecule has 2 aromatic carbocycles. The van der Waals surface area contributed by atoms with E-state index in [0.717, 1.165) is 52.5 Å². The second kappa shape index (κ2) is 10.2. The first kappa shape index (κ1) is 21.0. The van der Waals surface area contributed by atoms with Gasteiger partial charge in [0.1, 0.15) is 10.9 Å². The predicted molar refractivity (Wildman–Crippen MR) is 118 cm³/mol. The van der Waals surface area contributed by atoms with Crippen molar-refractivity contribution in [3.63, 3.8) is 0 Å². The van der Waals surface area contributed by atoms with Crippen molar-refractivity contribution in [3.8, 4) is 17.2 Å². The lowest BCUT2D eigenvalue weighted by atomic mass is 9.97.